The maximum absolute atomic E-state index is 11.8. The van der Waals surface area contributed by atoms with Crippen molar-refractivity contribution in [3.63, 3.8) is 0 Å². The lowest BCUT2D eigenvalue weighted by atomic mass is 9.96. The Balaban J connectivity index is 2.34. The van der Waals surface area contributed by atoms with Gasteiger partial charge < -0.3 is 5.11 Å². The van der Waals surface area contributed by atoms with Gasteiger partial charge in [0, 0.05) is 10.9 Å². The third-order valence-corrected chi connectivity index (χ3v) is 4.24. The molecule has 116 valence electrons. The Bertz CT molecular complexity index is 896. The fraction of sp³-hybridized carbons (Fsp3) is 0.200. The Hall–Kier alpha value is -2.68. The second kappa shape index (κ2) is 5.84. The van der Waals surface area contributed by atoms with E-state index in [4.69, 9.17) is 4.98 Å². The smallest absolute Gasteiger partial charge is 0.336 e. The van der Waals surface area contributed by atoms with Gasteiger partial charge in [-0.2, -0.15) is 0 Å². The number of carboxylic acid groups (broad SMARTS) is 1. The number of hydrogen-bond donors (Lipinski definition) is 1. The minimum Gasteiger partial charge on any atom is -0.478 e. The number of carboxylic acids is 1. The molecule has 3 nitrogen and oxygen atoms in total. The van der Waals surface area contributed by atoms with Gasteiger partial charge in [-0.05, 0) is 43.5 Å². The Morgan fingerprint density at radius 2 is 1.78 bits per heavy atom. The summed E-state index contributed by atoms with van der Waals surface area (Å²) in [6, 6.07) is 13.9. The lowest BCUT2D eigenvalue weighted by molar-refractivity contribution is 0.0698. The fourth-order valence-electron chi connectivity index (χ4n) is 2.89. The zero-order valence-electron chi connectivity index (χ0n) is 13.6. The number of nitrogens with zero attached hydrogens (tertiary/aromatic N) is 1. The van der Waals surface area contributed by atoms with Gasteiger partial charge in [-0.15, -0.1) is 0 Å². The van der Waals surface area contributed by atoms with Crippen LogP contribution in [-0.2, 0) is 6.42 Å². The number of benzene rings is 2. The molecule has 1 heterocycles. The average molecular weight is 305 g/mol. The van der Waals surface area contributed by atoms with E-state index in [2.05, 4.69) is 6.92 Å². The van der Waals surface area contributed by atoms with Crippen LogP contribution < -0.4 is 0 Å². The highest BCUT2D eigenvalue weighted by Crippen LogP contribution is 2.30. The number of rotatable bonds is 3. The number of hydrogen-bond acceptors (Lipinski definition) is 2. The number of aryl methyl sites for hydroxylation is 2. The van der Waals surface area contributed by atoms with Crippen LogP contribution in [0.5, 0.6) is 0 Å². The van der Waals surface area contributed by atoms with Crippen molar-refractivity contribution in [1.29, 1.82) is 0 Å². The van der Waals surface area contributed by atoms with E-state index in [0.717, 1.165) is 28.8 Å². The van der Waals surface area contributed by atoms with E-state index < -0.39 is 5.97 Å². The number of aromatic nitrogens is 1. The van der Waals surface area contributed by atoms with Crippen LogP contribution >= 0.6 is 0 Å². The van der Waals surface area contributed by atoms with Gasteiger partial charge in [0.15, 0.2) is 0 Å². The van der Waals surface area contributed by atoms with Crippen molar-refractivity contribution in [3.8, 4) is 11.3 Å². The molecule has 0 saturated heterocycles. The third-order valence-electron chi connectivity index (χ3n) is 4.24. The molecule has 3 heteroatoms. The monoisotopic (exact) mass is 305 g/mol. The van der Waals surface area contributed by atoms with Crippen LogP contribution in [-0.4, -0.2) is 16.1 Å². The quantitative estimate of drug-likeness (QED) is 0.757. The summed E-state index contributed by atoms with van der Waals surface area (Å²) in [6.45, 7) is 5.92. The molecule has 0 fully saturated rings. The molecule has 0 unspecified atom stereocenters. The van der Waals surface area contributed by atoms with Crippen molar-refractivity contribution in [1.82, 2.24) is 4.98 Å². The largest absolute Gasteiger partial charge is 0.478 e. The van der Waals surface area contributed by atoms with Gasteiger partial charge >= 0.3 is 5.97 Å². The van der Waals surface area contributed by atoms with E-state index in [0.29, 0.717) is 16.5 Å². The maximum atomic E-state index is 11.8. The van der Waals surface area contributed by atoms with Gasteiger partial charge in [0.1, 0.15) is 0 Å². The predicted molar refractivity (Wildman–Crippen MR) is 93.0 cm³/mol. The van der Waals surface area contributed by atoms with Crippen molar-refractivity contribution in [2.24, 2.45) is 0 Å². The second-order valence-electron chi connectivity index (χ2n) is 5.84. The first-order valence-corrected chi connectivity index (χ1v) is 7.75. The van der Waals surface area contributed by atoms with E-state index in [1.165, 1.54) is 5.56 Å². The molecule has 2 aromatic carbocycles. The highest BCUT2D eigenvalue weighted by Gasteiger charge is 2.18. The molecule has 0 radical (unpaired) electrons. The summed E-state index contributed by atoms with van der Waals surface area (Å²) in [5, 5.41) is 10.4. The highest BCUT2D eigenvalue weighted by molar-refractivity contribution is 6.05. The molecular weight excluding hydrogens is 286 g/mol. The van der Waals surface area contributed by atoms with Crippen LogP contribution in [0.25, 0.3) is 22.2 Å². The van der Waals surface area contributed by atoms with Gasteiger partial charge in [0.2, 0.25) is 0 Å². The first kappa shape index (κ1) is 15.2. The number of pyridine rings is 1. The summed E-state index contributed by atoms with van der Waals surface area (Å²) in [4.78, 5) is 16.6. The summed E-state index contributed by atoms with van der Waals surface area (Å²) in [5.74, 6) is -0.906. The van der Waals surface area contributed by atoms with Crippen molar-refractivity contribution < 1.29 is 9.90 Å². The van der Waals surface area contributed by atoms with Crippen LogP contribution in [0.4, 0.5) is 0 Å². The van der Waals surface area contributed by atoms with E-state index >= 15 is 0 Å². The normalized spacial score (nSPS) is 10.9. The van der Waals surface area contributed by atoms with Gasteiger partial charge in [-0.1, -0.05) is 42.8 Å². The summed E-state index contributed by atoms with van der Waals surface area (Å²) < 4.78 is 0. The van der Waals surface area contributed by atoms with Crippen LogP contribution in [0.2, 0.25) is 0 Å². The van der Waals surface area contributed by atoms with E-state index in [1.54, 1.807) is 0 Å². The zero-order valence-corrected chi connectivity index (χ0v) is 13.6. The van der Waals surface area contributed by atoms with E-state index in [9.17, 15) is 9.90 Å². The van der Waals surface area contributed by atoms with Crippen molar-refractivity contribution >= 4 is 16.9 Å². The first-order valence-electron chi connectivity index (χ1n) is 7.75. The summed E-state index contributed by atoms with van der Waals surface area (Å²) in [6.07, 6.45) is 0.869. The maximum Gasteiger partial charge on any atom is 0.336 e. The minimum absolute atomic E-state index is 0.348. The average Bonchev–Trinajstić information content (AvgIpc) is 2.54. The summed E-state index contributed by atoms with van der Waals surface area (Å²) in [5.41, 5.74) is 5.74. The molecule has 0 amide bonds. The SMILES string of the molecule is CCc1ccc2nc(-c3ccc(C)cc3)c(C)c(C(=O)O)c2c1. The predicted octanol–water partition coefficient (Wildman–Crippen LogP) is 4.78. The Kier molecular flexibility index (Phi) is 3.87. The van der Waals surface area contributed by atoms with E-state index in [-0.39, 0.29) is 0 Å². The van der Waals surface area contributed by atoms with Gasteiger partial charge in [-0.3, -0.25) is 0 Å². The Morgan fingerprint density at radius 1 is 1.09 bits per heavy atom. The number of carbonyl (C=O) groups is 1. The Morgan fingerprint density at radius 3 is 2.39 bits per heavy atom. The van der Waals surface area contributed by atoms with Crippen molar-refractivity contribution in [3.05, 3.63) is 64.7 Å². The molecule has 1 N–H and O–H groups in total. The number of aromatic carboxylic acids is 1. The molecule has 0 aliphatic rings. The molecule has 3 rings (SSSR count). The molecule has 3 aromatic rings. The highest BCUT2D eigenvalue weighted by atomic mass is 16.4. The summed E-state index contributed by atoms with van der Waals surface area (Å²) in [7, 11) is 0. The Labute approximate surface area is 135 Å². The van der Waals surface area contributed by atoms with E-state index in [1.807, 2.05) is 56.3 Å². The molecule has 0 atom stereocenters. The van der Waals surface area contributed by atoms with Crippen molar-refractivity contribution in [2.45, 2.75) is 27.2 Å². The van der Waals surface area contributed by atoms with Gasteiger partial charge in [-0.25, -0.2) is 9.78 Å². The van der Waals surface area contributed by atoms with Crippen LogP contribution in [0, 0.1) is 13.8 Å². The molecule has 0 aliphatic heterocycles. The molecular formula is C20H19NO2. The fourth-order valence-corrected chi connectivity index (χ4v) is 2.89. The molecule has 23 heavy (non-hydrogen) atoms. The molecule has 0 bridgehead atoms. The molecule has 0 spiro atoms. The minimum atomic E-state index is -0.906. The summed E-state index contributed by atoms with van der Waals surface area (Å²) >= 11 is 0. The third kappa shape index (κ3) is 2.70. The molecule has 0 aliphatic carbocycles. The number of fused-ring (bicyclic) bond motifs is 1. The van der Waals surface area contributed by atoms with Gasteiger partial charge in [0.25, 0.3) is 0 Å². The second-order valence-corrected chi connectivity index (χ2v) is 5.84. The van der Waals surface area contributed by atoms with Crippen LogP contribution in [0.15, 0.2) is 42.5 Å². The topological polar surface area (TPSA) is 50.2 Å². The van der Waals surface area contributed by atoms with Gasteiger partial charge in [0.05, 0.1) is 16.8 Å². The van der Waals surface area contributed by atoms with Crippen LogP contribution in [0.3, 0.4) is 0 Å². The lowest BCUT2D eigenvalue weighted by Crippen LogP contribution is -2.05. The first-order chi connectivity index (χ1) is 11.0. The standard InChI is InChI=1S/C20H19NO2/c1-4-14-7-10-17-16(11-14)18(20(22)23)13(3)19(21-17)15-8-5-12(2)6-9-15/h5-11H,4H2,1-3H3,(H,22,23). The molecule has 0 saturated carbocycles. The van der Waals surface area contributed by atoms with Crippen molar-refractivity contribution in [2.75, 3.05) is 0 Å². The van der Waals surface area contributed by atoms with Crippen LogP contribution in [0.1, 0.15) is 34.0 Å². The molecule has 1 aromatic heterocycles. The zero-order chi connectivity index (χ0) is 16.6. The lowest BCUT2D eigenvalue weighted by Gasteiger charge is -2.13.